The number of hydrogen-bond acceptors (Lipinski definition) is 1. The molecule has 0 aliphatic carbocycles. The lowest BCUT2D eigenvalue weighted by atomic mass is 9.85. The first-order valence-electron chi connectivity index (χ1n) is 20.7. The van der Waals surface area contributed by atoms with Crippen molar-refractivity contribution in [2.75, 3.05) is 0 Å². The Labute approximate surface area is 345 Å². The van der Waals surface area contributed by atoms with Crippen LogP contribution in [0.15, 0.2) is 211 Å². The second-order valence-corrected chi connectivity index (χ2v) is 16.0. The van der Waals surface area contributed by atoms with E-state index in [1.165, 1.54) is 92.8 Å². The Morgan fingerprint density at radius 2 is 0.717 bits per heavy atom. The third kappa shape index (κ3) is 4.76. The second-order valence-electron chi connectivity index (χ2n) is 16.0. The molecule has 0 aliphatic heterocycles. The van der Waals surface area contributed by atoms with Gasteiger partial charge in [-0.05, 0) is 101 Å². The minimum atomic E-state index is 0.882. The summed E-state index contributed by atoms with van der Waals surface area (Å²) >= 11 is 0. The number of nitrogens with one attached hydrogen (secondary N) is 1. The Bertz CT molecular complexity index is 3770. The molecule has 2 nitrogen and oxygen atoms in total. The fourth-order valence-corrected chi connectivity index (χ4v) is 10.2. The average Bonchev–Trinajstić information content (AvgIpc) is 3.88. The van der Waals surface area contributed by atoms with E-state index < -0.39 is 0 Å². The lowest BCUT2D eigenvalue weighted by Crippen LogP contribution is -1.91. The van der Waals surface area contributed by atoms with Crippen LogP contribution < -0.4 is 0 Å². The molecule has 1 N–H and O–H groups in total. The molecular formula is C58H35NO. The molecule has 13 rings (SSSR count). The minimum Gasteiger partial charge on any atom is -0.455 e. The Morgan fingerprint density at radius 1 is 0.267 bits per heavy atom. The summed E-state index contributed by atoms with van der Waals surface area (Å²) < 4.78 is 6.97. The summed E-state index contributed by atoms with van der Waals surface area (Å²) in [5.74, 6) is 0. The highest BCUT2D eigenvalue weighted by molar-refractivity contribution is 6.26. The number of H-pyrrole nitrogens is 1. The number of furan rings is 1. The molecule has 0 fully saturated rings. The van der Waals surface area contributed by atoms with Crippen LogP contribution in [0.2, 0.25) is 0 Å². The maximum Gasteiger partial charge on any atom is 0.143 e. The molecular weight excluding hydrogens is 727 g/mol. The van der Waals surface area contributed by atoms with Crippen molar-refractivity contribution < 1.29 is 4.42 Å². The minimum absolute atomic E-state index is 0.882. The molecule has 0 unspecified atom stereocenters. The van der Waals surface area contributed by atoms with Gasteiger partial charge in [0.05, 0.1) is 0 Å². The van der Waals surface area contributed by atoms with Crippen molar-refractivity contribution in [2.45, 2.75) is 0 Å². The van der Waals surface area contributed by atoms with Crippen molar-refractivity contribution in [3.8, 4) is 44.5 Å². The van der Waals surface area contributed by atoms with Crippen LogP contribution in [0.25, 0.3) is 131 Å². The van der Waals surface area contributed by atoms with Gasteiger partial charge in [-0.15, -0.1) is 0 Å². The zero-order chi connectivity index (χ0) is 39.3. The van der Waals surface area contributed by atoms with Crippen molar-refractivity contribution in [1.29, 1.82) is 0 Å². The summed E-state index contributed by atoms with van der Waals surface area (Å²) in [6.45, 7) is 0. The predicted molar refractivity (Wildman–Crippen MR) is 255 cm³/mol. The number of aromatic amines is 1. The highest BCUT2D eigenvalue weighted by Gasteiger charge is 2.22. The summed E-state index contributed by atoms with van der Waals surface area (Å²) in [4.78, 5) is 3.68. The highest BCUT2D eigenvalue weighted by atomic mass is 16.3. The van der Waals surface area contributed by atoms with Crippen molar-refractivity contribution in [1.82, 2.24) is 4.98 Å². The fourth-order valence-electron chi connectivity index (χ4n) is 10.2. The molecule has 2 aromatic heterocycles. The van der Waals surface area contributed by atoms with E-state index in [2.05, 4.69) is 211 Å². The fraction of sp³-hybridized carbons (Fsp3) is 0. The van der Waals surface area contributed by atoms with Gasteiger partial charge >= 0.3 is 0 Å². The van der Waals surface area contributed by atoms with Crippen LogP contribution in [-0.4, -0.2) is 4.98 Å². The van der Waals surface area contributed by atoms with Gasteiger partial charge in [0.15, 0.2) is 0 Å². The van der Waals surface area contributed by atoms with E-state index >= 15 is 0 Å². The van der Waals surface area contributed by atoms with E-state index in [0.29, 0.717) is 0 Å². The van der Waals surface area contributed by atoms with Crippen LogP contribution in [0, 0.1) is 0 Å². The molecule has 0 atom stereocenters. The van der Waals surface area contributed by atoms with Gasteiger partial charge in [-0.1, -0.05) is 182 Å². The Kier molecular flexibility index (Phi) is 7.05. The standard InChI is InChI=1S/C58H35NO/c1-2-15-35(16-3-1)54-40-18-4-6-20-42(40)55(43-21-7-5-19-41(43)54)36-30-32-53-50(33-36)48-26-14-27-49(58(48)60-53)57-46-24-10-8-22-44(46)56(45-23-9-11-25-47(45)57)37-29-31-39-38-17-12-13-28-51(38)59-52(39)34-37/h1-34,59H. The maximum absolute atomic E-state index is 6.97. The average molecular weight is 762 g/mol. The number of benzene rings is 11. The van der Waals surface area contributed by atoms with Crippen LogP contribution in [0.4, 0.5) is 0 Å². The third-order valence-corrected chi connectivity index (χ3v) is 12.8. The third-order valence-electron chi connectivity index (χ3n) is 12.8. The highest BCUT2D eigenvalue weighted by Crippen LogP contribution is 2.49. The van der Waals surface area contributed by atoms with Gasteiger partial charge in [0, 0.05) is 43.7 Å². The molecule has 0 saturated carbocycles. The normalized spacial score (nSPS) is 12.0. The monoisotopic (exact) mass is 761 g/mol. The molecule has 0 radical (unpaired) electrons. The largest absolute Gasteiger partial charge is 0.455 e. The summed E-state index contributed by atoms with van der Waals surface area (Å²) in [5, 5.41) is 14.5. The summed E-state index contributed by atoms with van der Waals surface area (Å²) in [6, 6.07) is 75.1. The first-order valence-corrected chi connectivity index (χ1v) is 20.7. The van der Waals surface area contributed by atoms with Crippen LogP contribution >= 0.6 is 0 Å². The first kappa shape index (κ1) is 33.1. The number of rotatable bonds is 4. The van der Waals surface area contributed by atoms with E-state index in [9.17, 15) is 0 Å². The van der Waals surface area contributed by atoms with E-state index in [4.69, 9.17) is 4.42 Å². The Hall–Kier alpha value is -7.94. The van der Waals surface area contributed by atoms with Crippen molar-refractivity contribution in [3.05, 3.63) is 206 Å². The lowest BCUT2D eigenvalue weighted by molar-refractivity contribution is 0.670. The second kappa shape index (κ2) is 12.8. The summed E-state index contributed by atoms with van der Waals surface area (Å²) in [6.07, 6.45) is 0. The zero-order valence-corrected chi connectivity index (χ0v) is 32.5. The maximum atomic E-state index is 6.97. The van der Waals surface area contributed by atoms with E-state index in [0.717, 1.165) is 38.5 Å². The summed E-state index contributed by atoms with van der Waals surface area (Å²) in [5.41, 5.74) is 13.7. The van der Waals surface area contributed by atoms with Gasteiger partial charge in [0.1, 0.15) is 11.2 Å². The molecule has 0 aliphatic rings. The van der Waals surface area contributed by atoms with Crippen molar-refractivity contribution in [2.24, 2.45) is 0 Å². The predicted octanol–water partition coefficient (Wildman–Crippen LogP) is 16.5. The van der Waals surface area contributed by atoms with Crippen LogP contribution in [0.1, 0.15) is 0 Å². The molecule has 0 amide bonds. The molecule has 2 heteroatoms. The quantitative estimate of drug-likeness (QED) is 0.178. The Morgan fingerprint density at radius 3 is 1.32 bits per heavy atom. The zero-order valence-electron chi connectivity index (χ0n) is 32.5. The molecule has 13 aromatic rings. The summed E-state index contributed by atoms with van der Waals surface area (Å²) in [7, 11) is 0. The SMILES string of the molecule is c1ccc(-c2c3ccccc3c(-c3ccc4oc5c(-c6c7ccccc7c(-c7ccc8c(c7)[nH]c7ccccc78)c7ccccc67)cccc5c4c3)c3ccccc23)cc1. The molecule has 278 valence electrons. The van der Waals surface area contributed by atoms with Crippen molar-refractivity contribution in [3.63, 3.8) is 0 Å². The molecule has 60 heavy (non-hydrogen) atoms. The first-order chi connectivity index (χ1) is 29.8. The molecule has 11 aromatic carbocycles. The van der Waals surface area contributed by atoms with Gasteiger partial charge in [-0.2, -0.15) is 0 Å². The van der Waals surface area contributed by atoms with Gasteiger partial charge in [-0.25, -0.2) is 0 Å². The number of fused-ring (bicyclic) bond motifs is 10. The van der Waals surface area contributed by atoms with Crippen LogP contribution in [0.5, 0.6) is 0 Å². The van der Waals surface area contributed by atoms with Gasteiger partial charge < -0.3 is 9.40 Å². The van der Waals surface area contributed by atoms with Crippen LogP contribution in [-0.2, 0) is 0 Å². The van der Waals surface area contributed by atoms with E-state index in [1.807, 2.05) is 0 Å². The Balaban J connectivity index is 1.04. The van der Waals surface area contributed by atoms with Crippen molar-refractivity contribution >= 4 is 86.8 Å². The number of hydrogen-bond donors (Lipinski definition) is 1. The topological polar surface area (TPSA) is 28.9 Å². The van der Waals surface area contributed by atoms with Crippen LogP contribution in [0.3, 0.4) is 0 Å². The molecule has 2 heterocycles. The number of aromatic nitrogens is 1. The van der Waals surface area contributed by atoms with E-state index in [-0.39, 0.29) is 0 Å². The molecule has 0 bridgehead atoms. The molecule has 0 spiro atoms. The van der Waals surface area contributed by atoms with Gasteiger partial charge in [0.25, 0.3) is 0 Å². The lowest BCUT2D eigenvalue weighted by Gasteiger charge is -2.18. The smallest absolute Gasteiger partial charge is 0.143 e. The van der Waals surface area contributed by atoms with Gasteiger partial charge in [0.2, 0.25) is 0 Å². The number of para-hydroxylation sites is 2. The van der Waals surface area contributed by atoms with Gasteiger partial charge in [-0.3, -0.25) is 0 Å². The molecule has 0 saturated heterocycles. The van der Waals surface area contributed by atoms with E-state index in [1.54, 1.807) is 0 Å².